The van der Waals surface area contributed by atoms with E-state index < -0.39 is 10.0 Å². The van der Waals surface area contributed by atoms with Crippen LogP contribution in [0.25, 0.3) is 0 Å². The third-order valence-corrected chi connectivity index (χ3v) is 2.75. The number of rotatable bonds is 8. The van der Waals surface area contributed by atoms with E-state index in [0.29, 0.717) is 12.3 Å². The summed E-state index contributed by atoms with van der Waals surface area (Å²) in [5.74, 6) is 0.0524. The van der Waals surface area contributed by atoms with Crippen molar-refractivity contribution in [2.45, 2.75) is 33.1 Å². The smallest absolute Gasteiger partial charge is 0.306 e. The number of hydrogen-bond acceptors (Lipinski definition) is 4. The summed E-state index contributed by atoms with van der Waals surface area (Å²) in [7, 11) is -3.20. The highest BCUT2D eigenvalue weighted by Crippen LogP contribution is 2.10. The quantitative estimate of drug-likeness (QED) is 0.514. The molecule has 1 unspecified atom stereocenters. The van der Waals surface area contributed by atoms with Gasteiger partial charge in [-0.2, -0.15) is 0 Å². The van der Waals surface area contributed by atoms with E-state index in [1.54, 1.807) is 0 Å². The molecule has 0 saturated carbocycles. The van der Waals surface area contributed by atoms with Gasteiger partial charge in [0.15, 0.2) is 0 Å². The molecule has 5 nitrogen and oxygen atoms in total. The molecule has 0 aliphatic carbocycles. The van der Waals surface area contributed by atoms with Crippen molar-refractivity contribution in [3.8, 4) is 0 Å². The van der Waals surface area contributed by atoms with Crippen LogP contribution in [-0.2, 0) is 19.6 Å². The van der Waals surface area contributed by atoms with Gasteiger partial charge in [-0.15, -0.1) is 0 Å². The van der Waals surface area contributed by atoms with Gasteiger partial charge >= 0.3 is 5.97 Å². The average Bonchev–Trinajstić information content (AvgIpc) is 2.11. The summed E-state index contributed by atoms with van der Waals surface area (Å²) >= 11 is 0. The lowest BCUT2D eigenvalue weighted by molar-refractivity contribution is -0.144. The van der Waals surface area contributed by atoms with Gasteiger partial charge in [0.05, 0.1) is 6.26 Å². The highest BCUT2D eigenvalue weighted by molar-refractivity contribution is 7.88. The predicted molar refractivity (Wildman–Crippen MR) is 62.5 cm³/mol. The first-order valence-corrected chi connectivity index (χ1v) is 7.34. The molecule has 0 aliphatic rings. The molecule has 1 atom stereocenters. The summed E-state index contributed by atoms with van der Waals surface area (Å²) in [5, 5.41) is 0. The van der Waals surface area contributed by atoms with Gasteiger partial charge < -0.3 is 4.74 Å². The standard InChI is InChI=1S/C10H21NO4S/c1-4-5-9(2)8-10(12)15-7-6-11-16(3,13)14/h9,11H,4-8H2,1-3H3. The summed E-state index contributed by atoms with van der Waals surface area (Å²) in [6.45, 7) is 4.29. The van der Waals surface area contributed by atoms with Crippen LogP contribution in [0.1, 0.15) is 33.1 Å². The van der Waals surface area contributed by atoms with Crippen LogP contribution in [0.4, 0.5) is 0 Å². The van der Waals surface area contributed by atoms with Crippen molar-refractivity contribution in [2.24, 2.45) is 5.92 Å². The molecular weight excluding hydrogens is 230 g/mol. The lowest BCUT2D eigenvalue weighted by atomic mass is 10.0. The number of nitrogens with one attached hydrogen (secondary N) is 1. The van der Waals surface area contributed by atoms with Crippen LogP contribution in [0.2, 0.25) is 0 Å². The Kier molecular flexibility index (Phi) is 7.33. The maximum atomic E-state index is 11.3. The second kappa shape index (κ2) is 7.62. The topological polar surface area (TPSA) is 72.5 Å². The minimum atomic E-state index is -3.20. The molecule has 0 fully saturated rings. The third-order valence-electron chi connectivity index (χ3n) is 2.03. The van der Waals surface area contributed by atoms with Crippen molar-refractivity contribution in [2.75, 3.05) is 19.4 Å². The molecule has 0 heterocycles. The van der Waals surface area contributed by atoms with E-state index in [4.69, 9.17) is 4.74 Å². The molecule has 0 aromatic carbocycles. The van der Waals surface area contributed by atoms with Gasteiger partial charge in [0.1, 0.15) is 6.61 Å². The maximum absolute atomic E-state index is 11.3. The molecule has 0 aromatic heterocycles. The molecule has 0 spiro atoms. The fraction of sp³-hybridized carbons (Fsp3) is 0.900. The zero-order chi connectivity index (χ0) is 12.6. The van der Waals surface area contributed by atoms with E-state index in [-0.39, 0.29) is 19.1 Å². The molecule has 16 heavy (non-hydrogen) atoms. The Hall–Kier alpha value is -0.620. The molecule has 0 saturated heterocycles. The lowest BCUT2D eigenvalue weighted by Crippen LogP contribution is -2.27. The first-order valence-electron chi connectivity index (χ1n) is 5.45. The molecular formula is C10H21NO4S. The van der Waals surface area contributed by atoms with Gasteiger partial charge in [-0.25, -0.2) is 13.1 Å². The van der Waals surface area contributed by atoms with Crippen molar-refractivity contribution >= 4 is 16.0 Å². The second-order valence-corrected chi connectivity index (χ2v) is 5.82. The van der Waals surface area contributed by atoms with Crippen LogP contribution in [0.15, 0.2) is 0 Å². The Labute approximate surface area is 97.6 Å². The molecule has 0 aromatic rings. The summed E-state index contributed by atoms with van der Waals surface area (Å²) < 4.78 is 28.5. The van der Waals surface area contributed by atoms with Crippen molar-refractivity contribution in [1.82, 2.24) is 4.72 Å². The number of carbonyl (C=O) groups is 1. The minimum absolute atomic E-state index is 0.0880. The highest BCUT2D eigenvalue weighted by Gasteiger charge is 2.09. The van der Waals surface area contributed by atoms with Gasteiger partial charge in [-0.3, -0.25) is 4.79 Å². The first kappa shape index (κ1) is 15.4. The molecule has 0 aliphatic heterocycles. The van der Waals surface area contributed by atoms with Crippen LogP contribution in [-0.4, -0.2) is 33.8 Å². The number of carbonyl (C=O) groups excluding carboxylic acids is 1. The average molecular weight is 251 g/mol. The Morgan fingerprint density at radius 1 is 1.44 bits per heavy atom. The largest absolute Gasteiger partial charge is 0.464 e. The van der Waals surface area contributed by atoms with Gasteiger partial charge in [0.25, 0.3) is 0 Å². The summed E-state index contributed by atoms with van der Waals surface area (Å²) in [6, 6.07) is 0. The zero-order valence-corrected chi connectivity index (χ0v) is 11.0. The molecule has 6 heteroatoms. The summed E-state index contributed by atoms with van der Waals surface area (Å²) in [6.07, 6.45) is 3.51. The van der Waals surface area contributed by atoms with Crippen LogP contribution in [0.5, 0.6) is 0 Å². The Balaban J connectivity index is 3.59. The number of esters is 1. The lowest BCUT2D eigenvalue weighted by Gasteiger charge is -2.09. The van der Waals surface area contributed by atoms with Crippen LogP contribution >= 0.6 is 0 Å². The van der Waals surface area contributed by atoms with Crippen molar-refractivity contribution in [3.05, 3.63) is 0 Å². The van der Waals surface area contributed by atoms with E-state index in [1.807, 2.05) is 6.92 Å². The molecule has 0 bridgehead atoms. The van der Waals surface area contributed by atoms with Gasteiger partial charge in [-0.05, 0) is 5.92 Å². The van der Waals surface area contributed by atoms with Crippen molar-refractivity contribution in [1.29, 1.82) is 0 Å². The Bertz CT molecular complexity index is 300. The third kappa shape index (κ3) is 9.92. The second-order valence-electron chi connectivity index (χ2n) is 3.98. The molecule has 0 amide bonds. The van der Waals surface area contributed by atoms with Crippen LogP contribution < -0.4 is 4.72 Å². The fourth-order valence-electron chi connectivity index (χ4n) is 1.33. The summed E-state index contributed by atoms with van der Waals surface area (Å²) in [5.41, 5.74) is 0. The molecule has 96 valence electrons. The first-order chi connectivity index (χ1) is 7.35. The zero-order valence-electron chi connectivity index (χ0n) is 10.2. The van der Waals surface area contributed by atoms with Crippen LogP contribution in [0, 0.1) is 5.92 Å². The Morgan fingerprint density at radius 2 is 2.06 bits per heavy atom. The van der Waals surface area contributed by atoms with Gasteiger partial charge in [0.2, 0.25) is 10.0 Å². The number of sulfonamides is 1. The van der Waals surface area contributed by atoms with Crippen molar-refractivity contribution < 1.29 is 17.9 Å². The minimum Gasteiger partial charge on any atom is -0.464 e. The monoisotopic (exact) mass is 251 g/mol. The molecule has 0 radical (unpaired) electrons. The van der Waals surface area contributed by atoms with E-state index in [1.165, 1.54) is 0 Å². The highest BCUT2D eigenvalue weighted by atomic mass is 32.2. The van der Waals surface area contributed by atoms with E-state index in [9.17, 15) is 13.2 Å². The fourth-order valence-corrected chi connectivity index (χ4v) is 1.78. The number of hydrogen-bond donors (Lipinski definition) is 1. The van der Waals surface area contributed by atoms with Crippen LogP contribution in [0.3, 0.4) is 0 Å². The van der Waals surface area contributed by atoms with E-state index >= 15 is 0 Å². The predicted octanol–water partition coefficient (Wildman–Crippen LogP) is 0.905. The normalized spacial score (nSPS) is 13.4. The molecule has 0 rings (SSSR count). The van der Waals surface area contributed by atoms with Gasteiger partial charge in [-0.1, -0.05) is 26.7 Å². The van der Waals surface area contributed by atoms with E-state index in [2.05, 4.69) is 11.6 Å². The van der Waals surface area contributed by atoms with Gasteiger partial charge in [0, 0.05) is 13.0 Å². The van der Waals surface area contributed by atoms with E-state index in [0.717, 1.165) is 19.1 Å². The molecule has 1 N–H and O–H groups in total. The maximum Gasteiger partial charge on any atom is 0.306 e. The van der Waals surface area contributed by atoms with Crippen molar-refractivity contribution in [3.63, 3.8) is 0 Å². The summed E-state index contributed by atoms with van der Waals surface area (Å²) in [4.78, 5) is 11.3. The number of ether oxygens (including phenoxy) is 1. The SMILES string of the molecule is CCCC(C)CC(=O)OCCNS(C)(=O)=O. The Morgan fingerprint density at radius 3 is 2.56 bits per heavy atom.